The highest BCUT2D eigenvalue weighted by atomic mass is 19.1. The van der Waals surface area contributed by atoms with Gasteiger partial charge in [0, 0.05) is 5.41 Å². The number of fused-ring (bicyclic) bond motifs is 7. The third-order valence-corrected chi connectivity index (χ3v) is 15.5. The number of aliphatic carboxylic acids is 1. The molecule has 0 aliphatic heterocycles. The average molecular weight is 638 g/mol. The first-order valence-corrected chi connectivity index (χ1v) is 18.0. The molecule has 254 valence electrons. The van der Waals surface area contributed by atoms with Crippen molar-refractivity contribution < 1.29 is 28.6 Å². The highest BCUT2D eigenvalue weighted by Crippen LogP contribution is 2.77. The van der Waals surface area contributed by atoms with Gasteiger partial charge in [0.1, 0.15) is 18.5 Å². The zero-order valence-corrected chi connectivity index (χ0v) is 29.1. The van der Waals surface area contributed by atoms with Crippen LogP contribution in [0.2, 0.25) is 0 Å². The van der Waals surface area contributed by atoms with E-state index in [1.165, 1.54) is 24.3 Å². The summed E-state index contributed by atoms with van der Waals surface area (Å²) < 4.78 is 19.7. The van der Waals surface area contributed by atoms with Gasteiger partial charge in [0.15, 0.2) is 0 Å². The van der Waals surface area contributed by atoms with Crippen molar-refractivity contribution in [1.29, 1.82) is 0 Å². The van der Waals surface area contributed by atoms with Gasteiger partial charge in [-0.15, -0.1) is 0 Å². The molecule has 5 aliphatic carbocycles. The number of esters is 1. The lowest BCUT2D eigenvalue weighted by Crippen LogP contribution is -2.67. The fourth-order valence-corrected chi connectivity index (χ4v) is 13.1. The van der Waals surface area contributed by atoms with Crippen LogP contribution in [0.1, 0.15) is 123 Å². The number of benzene rings is 1. The molecule has 7 heteroatoms. The molecule has 5 aliphatic rings. The highest BCUT2D eigenvalue weighted by molar-refractivity contribution is 5.89. The second kappa shape index (κ2) is 11.3. The van der Waals surface area contributed by atoms with E-state index in [0.717, 1.165) is 64.2 Å². The number of hydrogen-bond donors (Lipinski definition) is 2. The lowest BCUT2D eigenvalue weighted by atomic mass is 9.32. The van der Waals surface area contributed by atoms with Crippen molar-refractivity contribution in [1.82, 2.24) is 5.32 Å². The van der Waals surface area contributed by atoms with E-state index in [-0.39, 0.29) is 57.9 Å². The summed E-state index contributed by atoms with van der Waals surface area (Å²) in [7, 11) is 0. The maximum atomic E-state index is 13.9. The number of carboxylic acids is 1. The quantitative estimate of drug-likeness (QED) is 0.306. The van der Waals surface area contributed by atoms with Crippen LogP contribution in [0, 0.1) is 68.4 Å². The molecule has 5 unspecified atom stereocenters. The lowest BCUT2D eigenvalue weighted by molar-refractivity contribution is -0.247. The van der Waals surface area contributed by atoms with Crippen molar-refractivity contribution in [2.45, 2.75) is 119 Å². The largest absolute Gasteiger partial charge is 0.480 e. The van der Waals surface area contributed by atoms with Gasteiger partial charge in [0.25, 0.3) is 0 Å². The second-order valence-electron chi connectivity index (χ2n) is 17.6. The maximum Gasteiger partial charge on any atom is 0.338 e. The predicted octanol–water partition coefficient (Wildman–Crippen LogP) is 8.29. The van der Waals surface area contributed by atoms with Crippen molar-refractivity contribution in [3.63, 3.8) is 0 Å². The summed E-state index contributed by atoms with van der Waals surface area (Å²) in [4.78, 5) is 38.5. The van der Waals surface area contributed by atoms with Gasteiger partial charge >= 0.3 is 11.9 Å². The zero-order valence-electron chi connectivity index (χ0n) is 29.1. The maximum absolute atomic E-state index is 13.9. The standard InChI is InChI=1S/C39H56FNO5/c1-23(2)26-14-19-39(34(45)41-22-31(42)43)21-20-37(6)27(32(26)39)12-13-29-36(5)17-16-30(35(3,4)28(36)15-18-38(29,37)7)46-33(44)24-8-10-25(40)11-9-24/h8-11,23,26-30,32H,12-22H2,1-7H3,(H,41,45)(H,42,43)/t26-,27?,28?,29?,30+,32?,36-,37+,38+,39?/m0/s1. The Morgan fingerprint density at radius 3 is 2.22 bits per heavy atom. The first-order valence-electron chi connectivity index (χ1n) is 18.0. The molecule has 10 atom stereocenters. The molecule has 1 aromatic rings. The Kier molecular flexibility index (Phi) is 8.24. The third kappa shape index (κ3) is 4.78. The van der Waals surface area contributed by atoms with Gasteiger partial charge in [-0.3, -0.25) is 9.59 Å². The van der Waals surface area contributed by atoms with Crippen LogP contribution in [0.4, 0.5) is 4.39 Å². The molecule has 2 N–H and O–H groups in total. The van der Waals surface area contributed by atoms with Crippen molar-refractivity contribution in [2.24, 2.45) is 62.6 Å². The van der Waals surface area contributed by atoms with Crippen LogP contribution in [-0.4, -0.2) is 35.6 Å². The van der Waals surface area contributed by atoms with E-state index in [9.17, 15) is 23.9 Å². The van der Waals surface area contributed by atoms with E-state index >= 15 is 0 Å². The summed E-state index contributed by atoms with van der Waals surface area (Å²) >= 11 is 0. The fourth-order valence-electron chi connectivity index (χ4n) is 13.1. The Bertz CT molecular complexity index is 1370. The summed E-state index contributed by atoms with van der Waals surface area (Å²) in [6.45, 7) is 16.6. The molecular weight excluding hydrogens is 581 g/mol. The molecule has 0 aromatic heterocycles. The van der Waals surface area contributed by atoms with Gasteiger partial charge in [0.2, 0.25) is 5.91 Å². The lowest BCUT2D eigenvalue weighted by Gasteiger charge is -2.73. The van der Waals surface area contributed by atoms with Crippen LogP contribution in [-0.2, 0) is 14.3 Å². The normalized spacial score (nSPS) is 42.6. The molecule has 0 saturated heterocycles. The number of rotatable bonds is 6. The molecular formula is C39H56FNO5. The number of hydrogen-bond acceptors (Lipinski definition) is 4. The summed E-state index contributed by atoms with van der Waals surface area (Å²) in [6, 6.07) is 5.63. The third-order valence-electron chi connectivity index (χ3n) is 15.5. The topological polar surface area (TPSA) is 92.7 Å². The van der Waals surface area contributed by atoms with Gasteiger partial charge in [-0.05, 0) is 140 Å². The average Bonchev–Trinajstić information content (AvgIpc) is 3.39. The SMILES string of the molecule is CC(C)[C@@H]1CCC2(C(=O)NCC(=O)O)CC[C@]3(C)C(CCC4[C@@]5(C)CC[C@@H](OC(=O)c6ccc(F)cc6)C(C)(C)C5CC[C@]43C)C12. The van der Waals surface area contributed by atoms with E-state index in [4.69, 9.17) is 4.74 Å². The Morgan fingerprint density at radius 2 is 1.57 bits per heavy atom. The van der Waals surface area contributed by atoms with Crippen LogP contribution in [0.3, 0.4) is 0 Å². The molecule has 5 fully saturated rings. The van der Waals surface area contributed by atoms with Crippen LogP contribution >= 0.6 is 0 Å². The smallest absolute Gasteiger partial charge is 0.338 e. The minimum atomic E-state index is -0.985. The zero-order chi connectivity index (χ0) is 33.4. The van der Waals surface area contributed by atoms with Gasteiger partial charge in [-0.25, -0.2) is 9.18 Å². The van der Waals surface area contributed by atoms with E-state index in [2.05, 4.69) is 53.8 Å². The summed E-state index contributed by atoms with van der Waals surface area (Å²) in [6.07, 6.45) is 9.89. The number of nitrogens with one attached hydrogen (secondary N) is 1. The molecule has 0 bridgehead atoms. The van der Waals surface area contributed by atoms with E-state index in [0.29, 0.717) is 35.2 Å². The van der Waals surface area contributed by atoms with E-state index in [1.807, 2.05) is 0 Å². The summed E-state index contributed by atoms with van der Waals surface area (Å²) in [5.41, 5.74) is 0.0721. The van der Waals surface area contributed by atoms with Crippen LogP contribution in [0.5, 0.6) is 0 Å². The fraction of sp³-hybridized carbons (Fsp3) is 0.769. The molecule has 5 saturated carbocycles. The number of ether oxygens (including phenoxy) is 1. The number of halogens is 1. The monoisotopic (exact) mass is 637 g/mol. The molecule has 0 radical (unpaired) electrons. The van der Waals surface area contributed by atoms with Gasteiger partial charge in [-0.1, -0.05) is 48.5 Å². The first-order chi connectivity index (χ1) is 21.5. The van der Waals surface area contributed by atoms with Crippen molar-refractivity contribution in [3.05, 3.63) is 35.6 Å². The molecule has 1 amide bonds. The second-order valence-corrected chi connectivity index (χ2v) is 17.6. The van der Waals surface area contributed by atoms with Crippen LogP contribution < -0.4 is 5.32 Å². The molecule has 6 nitrogen and oxygen atoms in total. The van der Waals surface area contributed by atoms with Gasteiger partial charge in [-0.2, -0.15) is 0 Å². The van der Waals surface area contributed by atoms with Crippen LogP contribution in [0.25, 0.3) is 0 Å². The predicted molar refractivity (Wildman–Crippen MR) is 175 cm³/mol. The van der Waals surface area contributed by atoms with E-state index in [1.54, 1.807) is 0 Å². The minimum Gasteiger partial charge on any atom is -0.480 e. The minimum absolute atomic E-state index is 0.0247. The molecule has 0 heterocycles. The highest BCUT2D eigenvalue weighted by Gasteiger charge is 2.72. The van der Waals surface area contributed by atoms with E-state index < -0.39 is 11.4 Å². The Labute approximate surface area is 275 Å². The molecule has 6 rings (SSSR count). The van der Waals surface area contributed by atoms with Crippen molar-refractivity contribution in [2.75, 3.05) is 6.54 Å². The molecule has 1 aromatic carbocycles. The number of carboxylic acid groups (broad SMARTS) is 1. The summed E-state index contributed by atoms with van der Waals surface area (Å²) in [5, 5.41) is 12.2. The Morgan fingerprint density at radius 1 is 0.870 bits per heavy atom. The number of carbonyl (C=O) groups is 3. The van der Waals surface area contributed by atoms with Gasteiger partial charge < -0.3 is 15.2 Å². The number of amides is 1. The summed E-state index contributed by atoms with van der Waals surface area (Å²) in [5.74, 6) is 0.880. The Balaban J connectivity index is 1.28. The van der Waals surface area contributed by atoms with Gasteiger partial charge in [0.05, 0.1) is 11.0 Å². The van der Waals surface area contributed by atoms with Crippen LogP contribution in [0.15, 0.2) is 24.3 Å². The molecule has 0 spiro atoms. The van der Waals surface area contributed by atoms with Crippen molar-refractivity contribution in [3.8, 4) is 0 Å². The number of carbonyl (C=O) groups excluding carboxylic acids is 2. The Hall–Kier alpha value is -2.44. The molecule has 46 heavy (non-hydrogen) atoms. The first kappa shape index (κ1) is 33.5. The van der Waals surface area contributed by atoms with Crippen molar-refractivity contribution >= 4 is 17.8 Å².